The van der Waals surface area contributed by atoms with E-state index in [9.17, 15) is 9.59 Å². The number of carbonyl (C=O) groups excluding carboxylic acids is 1. The maximum Gasteiger partial charge on any atom is 0.306 e. The van der Waals surface area contributed by atoms with Crippen molar-refractivity contribution in [3.05, 3.63) is 0 Å². The molecular formula is C15H26N2O3. The van der Waals surface area contributed by atoms with Gasteiger partial charge in [-0.15, -0.1) is 0 Å². The number of likely N-dealkylation sites (tertiary alicyclic amines) is 1. The largest absolute Gasteiger partial charge is 0.481 e. The minimum atomic E-state index is -0.754. The van der Waals surface area contributed by atoms with Gasteiger partial charge in [-0.1, -0.05) is 13.3 Å². The van der Waals surface area contributed by atoms with Gasteiger partial charge in [0.1, 0.15) is 0 Å². The molecule has 0 aromatic carbocycles. The van der Waals surface area contributed by atoms with Crippen LogP contribution in [-0.2, 0) is 9.59 Å². The van der Waals surface area contributed by atoms with Crippen LogP contribution in [0.3, 0.4) is 0 Å². The van der Waals surface area contributed by atoms with Crippen molar-refractivity contribution in [1.82, 2.24) is 10.2 Å². The zero-order valence-electron chi connectivity index (χ0n) is 12.5. The Hall–Kier alpha value is -1.10. The Labute approximate surface area is 120 Å². The number of carboxylic acids is 1. The van der Waals surface area contributed by atoms with Gasteiger partial charge in [-0.3, -0.25) is 9.59 Å². The molecule has 5 nitrogen and oxygen atoms in total. The number of carboxylic acid groups (broad SMARTS) is 1. The number of hydrogen-bond donors (Lipinski definition) is 2. The summed E-state index contributed by atoms with van der Waals surface area (Å²) in [4.78, 5) is 25.7. The van der Waals surface area contributed by atoms with Crippen molar-refractivity contribution in [3.8, 4) is 0 Å². The van der Waals surface area contributed by atoms with Gasteiger partial charge in [0.05, 0.1) is 5.92 Å². The van der Waals surface area contributed by atoms with Crippen LogP contribution in [0.5, 0.6) is 0 Å². The first kappa shape index (κ1) is 15.3. The monoisotopic (exact) mass is 282 g/mol. The van der Waals surface area contributed by atoms with Crippen molar-refractivity contribution in [3.63, 3.8) is 0 Å². The highest BCUT2D eigenvalue weighted by molar-refractivity contribution is 5.80. The van der Waals surface area contributed by atoms with E-state index in [4.69, 9.17) is 5.11 Å². The lowest BCUT2D eigenvalue weighted by Gasteiger charge is -2.36. The van der Waals surface area contributed by atoms with Crippen LogP contribution in [0.15, 0.2) is 0 Å². The van der Waals surface area contributed by atoms with Gasteiger partial charge in [-0.05, 0) is 45.2 Å². The van der Waals surface area contributed by atoms with Crippen molar-refractivity contribution in [2.24, 2.45) is 17.8 Å². The molecule has 0 spiro atoms. The standard InChI is InChI=1S/C15H26N2O3/c1-10-9-17(2)7-6-13(10)16-14(18)11-4-3-5-12(8-11)15(19)20/h10-13H,3-9H2,1-2H3,(H,16,18)(H,19,20). The highest BCUT2D eigenvalue weighted by Crippen LogP contribution is 2.29. The van der Waals surface area contributed by atoms with E-state index in [0.717, 1.165) is 32.4 Å². The molecule has 2 fully saturated rings. The summed E-state index contributed by atoms with van der Waals surface area (Å²) in [5, 5.41) is 12.3. The molecule has 0 bridgehead atoms. The molecule has 0 radical (unpaired) electrons. The average molecular weight is 282 g/mol. The molecule has 2 aliphatic rings. The topological polar surface area (TPSA) is 69.6 Å². The summed E-state index contributed by atoms with van der Waals surface area (Å²) in [5.74, 6) is -0.685. The highest BCUT2D eigenvalue weighted by atomic mass is 16.4. The van der Waals surface area contributed by atoms with Gasteiger partial charge >= 0.3 is 5.97 Å². The van der Waals surface area contributed by atoms with Crippen LogP contribution in [0, 0.1) is 17.8 Å². The van der Waals surface area contributed by atoms with Gasteiger partial charge < -0.3 is 15.3 Å². The van der Waals surface area contributed by atoms with Crippen LogP contribution in [-0.4, -0.2) is 48.1 Å². The molecule has 1 saturated heterocycles. The Kier molecular flexibility index (Phi) is 5.02. The Morgan fingerprint density at radius 1 is 1.20 bits per heavy atom. The second-order valence-electron chi connectivity index (χ2n) is 6.54. The first-order valence-corrected chi connectivity index (χ1v) is 7.69. The van der Waals surface area contributed by atoms with Crippen LogP contribution in [0.4, 0.5) is 0 Å². The summed E-state index contributed by atoms with van der Waals surface area (Å²) in [6, 6.07) is 0.240. The van der Waals surface area contributed by atoms with Crippen LogP contribution in [0.2, 0.25) is 0 Å². The van der Waals surface area contributed by atoms with Crippen LogP contribution in [0.25, 0.3) is 0 Å². The quantitative estimate of drug-likeness (QED) is 0.819. The van der Waals surface area contributed by atoms with Crippen molar-refractivity contribution >= 4 is 11.9 Å². The lowest BCUT2D eigenvalue weighted by atomic mass is 9.80. The number of carbonyl (C=O) groups is 2. The number of nitrogens with one attached hydrogen (secondary N) is 1. The van der Waals surface area contributed by atoms with Crippen molar-refractivity contribution in [1.29, 1.82) is 0 Å². The van der Waals surface area contributed by atoms with E-state index in [-0.39, 0.29) is 23.8 Å². The van der Waals surface area contributed by atoms with Gasteiger partial charge in [-0.2, -0.15) is 0 Å². The number of aliphatic carboxylic acids is 1. The highest BCUT2D eigenvalue weighted by Gasteiger charge is 2.33. The van der Waals surface area contributed by atoms with Gasteiger partial charge in [0.25, 0.3) is 0 Å². The molecule has 20 heavy (non-hydrogen) atoms. The fourth-order valence-corrected chi connectivity index (χ4v) is 3.52. The van der Waals surface area contributed by atoms with Gasteiger partial charge in [0.2, 0.25) is 5.91 Å². The van der Waals surface area contributed by atoms with E-state index in [2.05, 4.69) is 24.2 Å². The molecule has 0 aromatic rings. The van der Waals surface area contributed by atoms with Crippen molar-refractivity contribution in [2.75, 3.05) is 20.1 Å². The lowest BCUT2D eigenvalue weighted by molar-refractivity contribution is -0.144. The number of rotatable bonds is 3. The molecule has 1 heterocycles. The first-order valence-electron chi connectivity index (χ1n) is 7.69. The Bertz CT molecular complexity index is 372. The van der Waals surface area contributed by atoms with E-state index >= 15 is 0 Å². The second kappa shape index (κ2) is 6.57. The van der Waals surface area contributed by atoms with Crippen LogP contribution < -0.4 is 5.32 Å². The molecule has 4 unspecified atom stereocenters. The molecule has 5 heteroatoms. The minimum absolute atomic E-state index is 0.0670. The normalized spacial score (nSPS) is 35.5. The van der Waals surface area contributed by atoms with Gasteiger partial charge in [0, 0.05) is 18.5 Å². The predicted molar refractivity (Wildman–Crippen MR) is 76.3 cm³/mol. The summed E-state index contributed by atoms with van der Waals surface area (Å²) < 4.78 is 0. The van der Waals surface area contributed by atoms with E-state index in [0.29, 0.717) is 18.8 Å². The van der Waals surface area contributed by atoms with Crippen LogP contribution in [0.1, 0.15) is 39.0 Å². The summed E-state index contributed by atoms with van der Waals surface area (Å²) in [5.41, 5.74) is 0. The maximum absolute atomic E-state index is 12.3. The van der Waals surface area contributed by atoms with Crippen molar-refractivity contribution < 1.29 is 14.7 Å². The molecule has 2 N–H and O–H groups in total. The fourth-order valence-electron chi connectivity index (χ4n) is 3.52. The number of amides is 1. The molecule has 4 atom stereocenters. The summed E-state index contributed by atoms with van der Waals surface area (Å²) in [6.45, 7) is 4.19. The van der Waals surface area contributed by atoms with Gasteiger partial charge in [-0.25, -0.2) is 0 Å². The molecule has 2 rings (SSSR count). The summed E-state index contributed by atoms with van der Waals surface area (Å²) in [7, 11) is 2.10. The summed E-state index contributed by atoms with van der Waals surface area (Å²) >= 11 is 0. The summed E-state index contributed by atoms with van der Waals surface area (Å²) in [6.07, 6.45) is 3.87. The van der Waals surface area contributed by atoms with Crippen molar-refractivity contribution in [2.45, 2.75) is 45.1 Å². The van der Waals surface area contributed by atoms with Gasteiger partial charge in [0.15, 0.2) is 0 Å². The average Bonchev–Trinajstić information content (AvgIpc) is 2.42. The molecule has 114 valence electrons. The fraction of sp³-hybridized carbons (Fsp3) is 0.867. The smallest absolute Gasteiger partial charge is 0.306 e. The molecule has 1 saturated carbocycles. The molecular weight excluding hydrogens is 256 g/mol. The van der Waals surface area contributed by atoms with E-state index in [1.807, 2.05) is 0 Å². The van der Waals surface area contributed by atoms with E-state index in [1.54, 1.807) is 0 Å². The van der Waals surface area contributed by atoms with Crippen LogP contribution >= 0.6 is 0 Å². The Balaban J connectivity index is 1.86. The lowest BCUT2D eigenvalue weighted by Crippen LogP contribution is -2.50. The molecule has 0 aromatic heterocycles. The zero-order valence-corrected chi connectivity index (χ0v) is 12.5. The second-order valence-corrected chi connectivity index (χ2v) is 6.54. The zero-order chi connectivity index (χ0) is 14.7. The Morgan fingerprint density at radius 2 is 1.90 bits per heavy atom. The minimum Gasteiger partial charge on any atom is -0.481 e. The number of nitrogens with zero attached hydrogens (tertiary/aromatic N) is 1. The third-order valence-corrected chi connectivity index (χ3v) is 4.83. The Morgan fingerprint density at radius 3 is 2.55 bits per heavy atom. The maximum atomic E-state index is 12.3. The third-order valence-electron chi connectivity index (χ3n) is 4.83. The SMILES string of the molecule is CC1CN(C)CCC1NC(=O)C1CCCC(C(=O)O)C1. The molecule has 1 amide bonds. The number of hydrogen-bond acceptors (Lipinski definition) is 3. The third kappa shape index (κ3) is 3.72. The van der Waals surface area contributed by atoms with E-state index in [1.165, 1.54) is 0 Å². The molecule has 1 aliphatic carbocycles. The number of piperidine rings is 1. The predicted octanol–water partition coefficient (Wildman–Crippen LogP) is 1.33. The first-order chi connectivity index (χ1) is 9.47. The van der Waals surface area contributed by atoms with E-state index < -0.39 is 5.97 Å². The molecule has 1 aliphatic heterocycles.